The van der Waals surface area contributed by atoms with Gasteiger partial charge in [-0.05, 0) is 59.7 Å². The van der Waals surface area contributed by atoms with Crippen molar-refractivity contribution in [2.24, 2.45) is 4.40 Å². The van der Waals surface area contributed by atoms with Crippen LogP contribution in [-0.4, -0.2) is 25.0 Å². The first-order valence-corrected chi connectivity index (χ1v) is 11.8. The first kappa shape index (κ1) is 20.7. The number of aryl methyl sites for hydroxylation is 1. The number of nitrogens with zero attached hydrogens (tertiary/aromatic N) is 2. The van der Waals surface area contributed by atoms with E-state index in [0.29, 0.717) is 18.0 Å². The fourth-order valence-electron chi connectivity index (χ4n) is 3.37. The summed E-state index contributed by atoms with van der Waals surface area (Å²) in [6.45, 7) is 1.99. The zero-order valence-corrected chi connectivity index (χ0v) is 19.0. The fraction of sp³-hybridized carbons (Fsp3) is 0.190. The van der Waals surface area contributed by atoms with Crippen molar-refractivity contribution in [3.05, 3.63) is 75.5 Å². The summed E-state index contributed by atoms with van der Waals surface area (Å²) >= 11 is 2.03. The second kappa shape index (κ2) is 8.31. The second-order valence-electron chi connectivity index (χ2n) is 6.98. The van der Waals surface area contributed by atoms with Gasteiger partial charge in [-0.2, -0.15) is 8.42 Å². The summed E-state index contributed by atoms with van der Waals surface area (Å²) in [5.41, 5.74) is 2.43. The smallest absolute Gasteiger partial charge is 0.286 e. The van der Waals surface area contributed by atoms with Crippen molar-refractivity contribution >= 4 is 49.9 Å². The second-order valence-corrected chi connectivity index (χ2v) is 9.80. The number of sulfonamides is 1. The summed E-state index contributed by atoms with van der Waals surface area (Å²) in [7, 11) is -3.93. The highest BCUT2D eigenvalue weighted by Crippen LogP contribution is 2.31. The number of amidine groups is 1. The number of halogens is 1. The monoisotopic (exact) mass is 535 g/mol. The van der Waals surface area contributed by atoms with Crippen LogP contribution in [0.3, 0.4) is 0 Å². The molecule has 1 aliphatic heterocycles. The van der Waals surface area contributed by atoms with Crippen LogP contribution in [0, 0.1) is 10.5 Å². The number of Topliss-reactive ketones (excluding diaryl/α,β-unsaturated/α-hetero) is 1. The summed E-state index contributed by atoms with van der Waals surface area (Å²) in [6, 6.07) is 12.9. The van der Waals surface area contributed by atoms with E-state index >= 15 is 0 Å². The SMILES string of the molecule is Cc1cccc(C(CCC(=O)C2=NS(=O)(=O)c3cc(I)ccc3N2)c2ncco2)c1. The number of carbonyl (C=O) groups is 1. The molecule has 2 aromatic carbocycles. The number of fused-ring (bicyclic) bond motifs is 1. The first-order chi connectivity index (χ1) is 14.3. The van der Waals surface area contributed by atoms with Crippen molar-refractivity contribution < 1.29 is 17.6 Å². The average molecular weight is 535 g/mol. The molecule has 1 aromatic heterocycles. The Hall–Kier alpha value is -2.53. The van der Waals surface area contributed by atoms with Gasteiger partial charge >= 0.3 is 0 Å². The summed E-state index contributed by atoms with van der Waals surface area (Å²) in [5.74, 6) is -0.260. The molecule has 0 saturated carbocycles. The fourth-order valence-corrected chi connectivity index (χ4v) is 5.23. The Kier molecular flexibility index (Phi) is 5.74. The van der Waals surface area contributed by atoms with Crippen LogP contribution < -0.4 is 5.32 Å². The van der Waals surface area contributed by atoms with Gasteiger partial charge < -0.3 is 9.73 Å². The Labute approximate surface area is 187 Å². The number of carbonyl (C=O) groups excluding carboxylic acids is 1. The minimum absolute atomic E-state index is 0.0726. The molecule has 1 N–H and O–H groups in total. The number of benzene rings is 2. The molecule has 3 aromatic rings. The van der Waals surface area contributed by atoms with Crippen LogP contribution in [0.15, 0.2) is 68.6 Å². The van der Waals surface area contributed by atoms with Crippen LogP contribution in [-0.2, 0) is 14.8 Å². The van der Waals surface area contributed by atoms with E-state index in [9.17, 15) is 13.2 Å². The summed E-state index contributed by atoms with van der Waals surface area (Å²) < 4.78 is 35.0. The van der Waals surface area contributed by atoms with Gasteiger partial charge in [0.2, 0.25) is 5.89 Å². The molecule has 1 aliphatic rings. The number of hydrogen-bond donors (Lipinski definition) is 1. The van der Waals surface area contributed by atoms with Gasteiger partial charge in [0, 0.05) is 9.99 Å². The first-order valence-electron chi connectivity index (χ1n) is 9.24. The predicted octanol–water partition coefficient (Wildman–Crippen LogP) is 4.28. The number of ketones is 1. The number of hydrogen-bond acceptors (Lipinski definition) is 6. The molecule has 2 heterocycles. The summed E-state index contributed by atoms with van der Waals surface area (Å²) in [5, 5.41) is 2.87. The molecule has 30 heavy (non-hydrogen) atoms. The average Bonchev–Trinajstić information content (AvgIpc) is 3.22. The maximum Gasteiger partial charge on any atom is 0.286 e. The quantitative estimate of drug-likeness (QED) is 0.473. The Morgan fingerprint density at radius 1 is 1.23 bits per heavy atom. The van der Waals surface area contributed by atoms with Gasteiger partial charge in [0.25, 0.3) is 10.0 Å². The van der Waals surface area contributed by atoms with Crippen molar-refractivity contribution in [2.75, 3.05) is 5.32 Å². The lowest BCUT2D eigenvalue weighted by Gasteiger charge is -2.19. The number of nitrogens with one attached hydrogen (secondary N) is 1. The van der Waals surface area contributed by atoms with Gasteiger partial charge in [-0.1, -0.05) is 29.8 Å². The van der Waals surface area contributed by atoms with Crippen molar-refractivity contribution in [1.29, 1.82) is 0 Å². The minimum Gasteiger partial charge on any atom is -0.448 e. The molecule has 0 aliphatic carbocycles. The van der Waals surface area contributed by atoms with E-state index in [1.54, 1.807) is 18.3 Å². The molecule has 1 unspecified atom stereocenters. The third-order valence-corrected chi connectivity index (χ3v) is 6.79. The molecule has 4 rings (SSSR count). The van der Waals surface area contributed by atoms with E-state index in [4.69, 9.17) is 4.42 Å². The third kappa shape index (κ3) is 4.31. The van der Waals surface area contributed by atoms with E-state index < -0.39 is 10.0 Å². The van der Waals surface area contributed by atoms with Crippen LogP contribution in [0.5, 0.6) is 0 Å². The molecule has 9 heteroatoms. The lowest BCUT2D eigenvalue weighted by atomic mass is 9.92. The number of aromatic nitrogens is 1. The highest BCUT2D eigenvalue weighted by atomic mass is 127. The highest BCUT2D eigenvalue weighted by molar-refractivity contribution is 14.1. The largest absolute Gasteiger partial charge is 0.448 e. The van der Waals surface area contributed by atoms with E-state index in [-0.39, 0.29) is 28.9 Å². The zero-order valence-electron chi connectivity index (χ0n) is 16.0. The van der Waals surface area contributed by atoms with E-state index in [2.05, 4.69) is 14.7 Å². The van der Waals surface area contributed by atoms with Crippen LogP contribution in [0.2, 0.25) is 0 Å². The van der Waals surface area contributed by atoms with E-state index in [1.165, 1.54) is 12.3 Å². The standard InChI is InChI=1S/C21H18IN3O4S/c1-13-3-2-4-14(11-13)16(21-23-9-10-29-21)6-8-18(26)20-24-17-7-5-15(22)12-19(17)30(27,28)25-20/h2-5,7,9-12,16H,6,8H2,1H3,(H,24,25). The Morgan fingerprint density at radius 3 is 2.80 bits per heavy atom. The molecule has 0 bridgehead atoms. The molecule has 0 amide bonds. The van der Waals surface area contributed by atoms with Crippen LogP contribution in [0.25, 0.3) is 0 Å². The van der Waals surface area contributed by atoms with Gasteiger partial charge in [-0.15, -0.1) is 4.40 Å². The molecular weight excluding hydrogens is 517 g/mol. The molecule has 1 atom stereocenters. The number of anilines is 1. The lowest BCUT2D eigenvalue weighted by molar-refractivity contribution is -0.113. The molecule has 154 valence electrons. The van der Waals surface area contributed by atoms with E-state index in [1.807, 2.05) is 53.8 Å². The highest BCUT2D eigenvalue weighted by Gasteiger charge is 2.29. The van der Waals surface area contributed by atoms with Crippen LogP contribution in [0.1, 0.15) is 35.8 Å². The lowest BCUT2D eigenvalue weighted by Crippen LogP contribution is -2.29. The Morgan fingerprint density at radius 2 is 2.07 bits per heavy atom. The van der Waals surface area contributed by atoms with Gasteiger partial charge in [0.05, 0.1) is 17.8 Å². The molecule has 0 spiro atoms. The normalized spacial score (nSPS) is 15.6. The Bertz CT molecular complexity index is 1240. The molecule has 0 radical (unpaired) electrons. The van der Waals surface area contributed by atoms with Gasteiger partial charge in [0.1, 0.15) is 11.2 Å². The molecule has 0 fully saturated rings. The van der Waals surface area contributed by atoms with Gasteiger partial charge in [0.15, 0.2) is 11.6 Å². The maximum atomic E-state index is 12.8. The Balaban J connectivity index is 1.56. The molecular formula is C21H18IN3O4S. The van der Waals surface area contributed by atoms with Crippen molar-refractivity contribution in [2.45, 2.75) is 30.6 Å². The van der Waals surface area contributed by atoms with Crippen LogP contribution >= 0.6 is 22.6 Å². The van der Waals surface area contributed by atoms with Gasteiger partial charge in [-0.25, -0.2) is 4.98 Å². The predicted molar refractivity (Wildman–Crippen MR) is 121 cm³/mol. The topological polar surface area (TPSA) is 102 Å². The van der Waals surface area contributed by atoms with Crippen molar-refractivity contribution in [3.8, 4) is 0 Å². The number of rotatable bonds is 6. The zero-order chi connectivity index (χ0) is 21.3. The van der Waals surface area contributed by atoms with E-state index in [0.717, 1.165) is 14.7 Å². The van der Waals surface area contributed by atoms with Crippen molar-refractivity contribution in [3.63, 3.8) is 0 Å². The third-order valence-electron chi connectivity index (χ3n) is 4.80. The summed E-state index contributed by atoms with van der Waals surface area (Å²) in [4.78, 5) is 17.2. The number of oxazole rings is 1. The van der Waals surface area contributed by atoms with Crippen molar-refractivity contribution in [1.82, 2.24) is 4.98 Å². The minimum atomic E-state index is -3.93. The summed E-state index contributed by atoms with van der Waals surface area (Å²) in [6.07, 6.45) is 3.56. The van der Waals surface area contributed by atoms with Crippen LogP contribution in [0.4, 0.5) is 5.69 Å². The maximum absolute atomic E-state index is 12.8. The molecule has 0 saturated heterocycles. The van der Waals surface area contributed by atoms with Gasteiger partial charge in [-0.3, -0.25) is 4.79 Å². The molecule has 7 nitrogen and oxygen atoms in total.